The Labute approximate surface area is 170 Å². The first-order chi connectivity index (χ1) is 14.1. The molecule has 6 heteroatoms. The highest BCUT2D eigenvalue weighted by Gasteiger charge is 2.37. The van der Waals surface area contributed by atoms with Gasteiger partial charge in [-0.2, -0.15) is 0 Å². The van der Waals surface area contributed by atoms with Crippen molar-refractivity contribution in [1.29, 1.82) is 0 Å². The number of nitrogens with one attached hydrogen (secondary N) is 1. The fourth-order valence-corrected chi connectivity index (χ4v) is 3.54. The lowest BCUT2D eigenvalue weighted by Gasteiger charge is -2.26. The summed E-state index contributed by atoms with van der Waals surface area (Å²) < 4.78 is 5.15. The average Bonchev–Trinajstić information content (AvgIpc) is 3.09. The minimum Gasteiger partial charge on any atom is -0.464 e. The van der Waals surface area contributed by atoms with Crippen LogP contribution in [-0.2, 0) is 32.1 Å². The first-order valence-electron chi connectivity index (χ1n) is 9.92. The number of carbonyl (C=O) groups excluding carboxylic acids is 3. The Hall–Kier alpha value is -3.15. The number of carbonyl (C=O) groups is 3. The van der Waals surface area contributed by atoms with Crippen LogP contribution in [0.3, 0.4) is 0 Å². The predicted octanol–water partition coefficient (Wildman–Crippen LogP) is 2.47. The fourth-order valence-electron chi connectivity index (χ4n) is 3.54. The highest BCUT2D eigenvalue weighted by atomic mass is 16.5. The number of hydrogen-bond donors (Lipinski definition) is 1. The van der Waals surface area contributed by atoms with Crippen molar-refractivity contribution in [3.63, 3.8) is 0 Å². The molecule has 1 saturated heterocycles. The molecule has 1 fully saturated rings. The number of ether oxygens (including phenoxy) is 1. The van der Waals surface area contributed by atoms with Gasteiger partial charge >= 0.3 is 5.97 Å². The number of amides is 2. The van der Waals surface area contributed by atoms with Gasteiger partial charge in [-0.25, -0.2) is 4.79 Å². The second-order valence-corrected chi connectivity index (χ2v) is 7.06. The van der Waals surface area contributed by atoms with Crippen molar-refractivity contribution < 1.29 is 19.1 Å². The van der Waals surface area contributed by atoms with E-state index >= 15 is 0 Å². The second-order valence-electron chi connectivity index (χ2n) is 7.06. The highest BCUT2D eigenvalue weighted by molar-refractivity contribution is 5.93. The second kappa shape index (κ2) is 9.87. The van der Waals surface area contributed by atoms with Gasteiger partial charge in [-0.05, 0) is 24.5 Å². The summed E-state index contributed by atoms with van der Waals surface area (Å²) in [5.74, 6) is -0.839. The van der Waals surface area contributed by atoms with Crippen molar-refractivity contribution in [2.24, 2.45) is 0 Å². The third-order valence-corrected chi connectivity index (χ3v) is 5.00. The molecule has 0 radical (unpaired) electrons. The van der Waals surface area contributed by atoms with Gasteiger partial charge in [0.1, 0.15) is 12.1 Å². The maximum atomic E-state index is 13.0. The van der Waals surface area contributed by atoms with E-state index in [1.54, 1.807) is 11.8 Å². The van der Waals surface area contributed by atoms with Gasteiger partial charge in [0.05, 0.1) is 6.61 Å². The van der Waals surface area contributed by atoms with Crippen molar-refractivity contribution >= 4 is 17.8 Å². The van der Waals surface area contributed by atoms with Crippen LogP contribution >= 0.6 is 0 Å². The van der Waals surface area contributed by atoms with Crippen LogP contribution in [0.5, 0.6) is 0 Å². The molecule has 1 N–H and O–H groups in total. The topological polar surface area (TPSA) is 75.7 Å². The maximum Gasteiger partial charge on any atom is 0.328 e. The molecule has 0 aromatic heterocycles. The van der Waals surface area contributed by atoms with Crippen molar-refractivity contribution in [1.82, 2.24) is 10.2 Å². The van der Waals surface area contributed by atoms with Crippen LogP contribution < -0.4 is 5.32 Å². The number of rotatable bonds is 8. The molecule has 0 unspecified atom stereocenters. The van der Waals surface area contributed by atoms with Crippen LogP contribution in [0, 0.1) is 0 Å². The Morgan fingerprint density at radius 3 is 2.31 bits per heavy atom. The zero-order valence-corrected chi connectivity index (χ0v) is 16.5. The minimum atomic E-state index is -0.792. The molecule has 0 bridgehead atoms. The Balaban J connectivity index is 1.71. The van der Waals surface area contributed by atoms with Crippen LogP contribution in [0.15, 0.2) is 60.7 Å². The lowest BCUT2D eigenvalue weighted by Crippen LogP contribution is -2.51. The predicted molar refractivity (Wildman–Crippen MR) is 109 cm³/mol. The van der Waals surface area contributed by atoms with Crippen molar-refractivity contribution in [2.45, 2.75) is 44.8 Å². The van der Waals surface area contributed by atoms with Crippen LogP contribution in [0.2, 0.25) is 0 Å². The van der Waals surface area contributed by atoms with Gasteiger partial charge in [0.25, 0.3) is 0 Å². The molecular formula is C23H26N2O4. The van der Waals surface area contributed by atoms with E-state index in [0.717, 1.165) is 11.1 Å². The molecule has 0 aliphatic carbocycles. The van der Waals surface area contributed by atoms with Gasteiger partial charge in [0.2, 0.25) is 11.8 Å². The zero-order valence-electron chi connectivity index (χ0n) is 16.5. The van der Waals surface area contributed by atoms with Crippen molar-refractivity contribution in [3.05, 3.63) is 71.8 Å². The van der Waals surface area contributed by atoms with E-state index in [4.69, 9.17) is 4.74 Å². The lowest BCUT2D eigenvalue weighted by atomic mass is 10.1. The number of nitrogens with zero attached hydrogens (tertiary/aromatic N) is 1. The standard InChI is InChI=1S/C23H26N2O4/c1-2-29-23(28)19(15-17-9-5-3-6-10-17)24-22(27)20-13-14-21(26)25(20)16-18-11-7-4-8-12-18/h3-12,19-20H,2,13-16H2,1H3,(H,24,27)/t19-,20-/m0/s1. The summed E-state index contributed by atoms with van der Waals surface area (Å²) in [5.41, 5.74) is 1.89. The Morgan fingerprint density at radius 2 is 1.69 bits per heavy atom. The molecule has 29 heavy (non-hydrogen) atoms. The van der Waals surface area contributed by atoms with Gasteiger partial charge in [0, 0.05) is 19.4 Å². The third-order valence-electron chi connectivity index (χ3n) is 5.00. The number of likely N-dealkylation sites (tertiary alicyclic amines) is 1. The van der Waals surface area contributed by atoms with E-state index in [-0.39, 0.29) is 18.4 Å². The summed E-state index contributed by atoms with van der Waals surface area (Å²) in [6, 6.07) is 17.7. The van der Waals surface area contributed by atoms with Crippen LogP contribution in [0.25, 0.3) is 0 Å². The average molecular weight is 394 g/mol. The summed E-state index contributed by atoms with van der Waals surface area (Å²) in [4.78, 5) is 39.4. The summed E-state index contributed by atoms with van der Waals surface area (Å²) in [6.07, 6.45) is 1.11. The van der Waals surface area contributed by atoms with Crippen LogP contribution in [-0.4, -0.2) is 41.4 Å². The molecule has 1 aliphatic heterocycles. The van der Waals surface area contributed by atoms with Gasteiger partial charge in [-0.3, -0.25) is 9.59 Å². The quantitative estimate of drug-likeness (QED) is 0.698. The highest BCUT2D eigenvalue weighted by Crippen LogP contribution is 2.22. The monoisotopic (exact) mass is 394 g/mol. The minimum absolute atomic E-state index is 0.0512. The number of hydrogen-bond acceptors (Lipinski definition) is 4. The Morgan fingerprint density at radius 1 is 1.07 bits per heavy atom. The van der Waals surface area contributed by atoms with E-state index in [0.29, 0.717) is 25.8 Å². The molecule has 2 aromatic rings. The molecular weight excluding hydrogens is 368 g/mol. The van der Waals surface area contributed by atoms with Crippen LogP contribution in [0.4, 0.5) is 0 Å². The number of benzene rings is 2. The summed E-state index contributed by atoms with van der Waals surface area (Å²) in [7, 11) is 0. The Kier molecular flexibility index (Phi) is 7.00. The molecule has 3 rings (SSSR count). The van der Waals surface area contributed by atoms with E-state index < -0.39 is 18.1 Å². The van der Waals surface area contributed by atoms with Crippen LogP contribution in [0.1, 0.15) is 30.9 Å². The third kappa shape index (κ3) is 5.44. The molecule has 2 atom stereocenters. The fraction of sp³-hybridized carbons (Fsp3) is 0.348. The van der Waals surface area contributed by atoms with Gasteiger partial charge < -0.3 is 15.0 Å². The van der Waals surface area contributed by atoms with Gasteiger partial charge in [0.15, 0.2) is 0 Å². The van der Waals surface area contributed by atoms with Gasteiger partial charge in [-0.1, -0.05) is 60.7 Å². The first kappa shape index (κ1) is 20.6. The molecule has 152 valence electrons. The molecule has 0 saturated carbocycles. The number of esters is 1. The summed E-state index contributed by atoms with van der Waals surface area (Å²) in [5, 5.41) is 2.82. The Bertz CT molecular complexity index is 838. The molecule has 0 spiro atoms. The lowest BCUT2D eigenvalue weighted by molar-refractivity contribution is -0.148. The molecule has 2 aromatic carbocycles. The van der Waals surface area contributed by atoms with Gasteiger partial charge in [-0.15, -0.1) is 0 Å². The van der Waals surface area contributed by atoms with E-state index in [2.05, 4.69) is 5.32 Å². The SMILES string of the molecule is CCOC(=O)[C@H](Cc1ccccc1)NC(=O)[C@@H]1CCC(=O)N1Cc1ccccc1. The molecule has 1 heterocycles. The zero-order chi connectivity index (χ0) is 20.6. The van der Waals surface area contributed by atoms with E-state index in [9.17, 15) is 14.4 Å². The van der Waals surface area contributed by atoms with Crippen molar-refractivity contribution in [3.8, 4) is 0 Å². The maximum absolute atomic E-state index is 13.0. The summed E-state index contributed by atoms with van der Waals surface area (Å²) in [6.45, 7) is 2.35. The van der Waals surface area contributed by atoms with E-state index in [1.807, 2.05) is 60.7 Å². The summed E-state index contributed by atoms with van der Waals surface area (Å²) >= 11 is 0. The smallest absolute Gasteiger partial charge is 0.328 e. The first-order valence-corrected chi connectivity index (χ1v) is 9.92. The largest absolute Gasteiger partial charge is 0.464 e. The normalized spacial score (nSPS) is 17.1. The molecule has 6 nitrogen and oxygen atoms in total. The van der Waals surface area contributed by atoms with E-state index in [1.165, 1.54) is 0 Å². The molecule has 1 aliphatic rings. The van der Waals surface area contributed by atoms with Crippen molar-refractivity contribution in [2.75, 3.05) is 6.61 Å². The molecule has 2 amide bonds.